The normalized spacial score (nSPS) is 44.3. The van der Waals surface area contributed by atoms with Gasteiger partial charge in [0.25, 0.3) is 0 Å². The monoisotopic (exact) mass is 522 g/mol. The van der Waals surface area contributed by atoms with Gasteiger partial charge in [-0.25, -0.2) is 0 Å². The Morgan fingerprint density at radius 3 is 2.24 bits per heavy atom. The van der Waals surface area contributed by atoms with Gasteiger partial charge in [0, 0.05) is 6.42 Å². The van der Waals surface area contributed by atoms with E-state index in [2.05, 4.69) is 20.8 Å². The smallest absolute Gasteiger partial charge is 0.393 e. The summed E-state index contributed by atoms with van der Waals surface area (Å²) in [5.41, 5.74) is -1.71. The van der Waals surface area contributed by atoms with Crippen molar-refractivity contribution in [1.29, 1.82) is 0 Å². The number of hydrogen-bond acceptors (Lipinski definition) is 3. The first-order valence-electron chi connectivity index (χ1n) is 14.5. The zero-order valence-electron chi connectivity index (χ0n) is 22.6. The molecule has 0 heterocycles. The van der Waals surface area contributed by atoms with Crippen molar-refractivity contribution < 1.29 is 28.5 Å². The average Bonchev–Trinajstić information content (AvgIpc) is 3.21. The Labute approximate surface area is 219 Å². The van der Waals surface area contributed by atoms with Crippen LogP contribution in [0.2, 0.25) is 0 Å². The molecule has 11 atom stereocenters. The second kappa shape index (κ2) is 9.52. The molecule has 4 aliphatic rings. The number of benzene rings is 1. The maximum atomic E-state index is 13.6. The Balaban J connectivity index is 1.28. The first-order valence-corrected chi connectivity index (χ1v) is 14.5. The standard InChI is InChI=1S/C31H45F3O3/c1-19(26(35)17-27(36)20-7-5-4-6-8-20)23-11-12-24-22-10-9-21-18-30(37,31(32,33)34)16-15-28(21,2)25(22)13-14-29(23,24)3/h4-8,19,21-27,35-37H,9-18H2,1-3H3/t19-,21-,22-,23+,24-,25-,26?,27?,28-,29+,30-/m0/s1. The summed E-state index contributed by atoms with van der Waals surface area (Å²) in [6, 6.07) is 9.52. The molecule has 0 aliphatic heterocycles. The highest BCUT2D eigenvalue weighted by molar-refractivity contribution is 5.18. The van der Waals surface area contributed by atoms with Crippen LogP contribution in [-0.4, -0.2) is 33.2 Å². The quantitative estimate of drug-likeness (QED) is 0.388. The van der Waals surface area contributed by atoms with Crippen molar-refractivity contribution in [3.8, 4) is 0 Å². The van der Waals surface area contributed by atoms with Crippen LogP contribution < -0.4 is 0 Å². The van der Waals surface area contributed by atoms with E-state index in [1.54, 1.807) is 0 Å². The molecule has 4 saturated carbocycles. The Kier molecular flexibility index (Phi) is 7.06. The fraction of sp³-hybridized carbons (Fsp3) is 0.806. The maximum Gasteiger partial charge on any atom is 0.417 e. The molecule has 0 amide bonds. The predicted molar refractivity (Wildman–Crippen MR) is 137 cm³/mol. The number of fused-ring (bicyclic) bond motifs is 5. The van der Waals surface area contributed by atoms with Crippen LogP contribution in [0.5, 0.6) is 0 Å². The van der Waals surface area contributed by atoms with E-state index >= 15 is 0 Å². The van der Waals surface area contributed by atoms with Crippen LogP contribution in [0.3, 0.4) is 0 Å². The van der Waals surface area contributed by atoms with Crippen LogP contribution in [0.15, 0.2) is 30.3 Å². The number of rotatable bonds is 5. The lowest BCUT2D eigenvalue weighted by atomic mass is 9.43. The van der Waals surface area contributed by atoms with Gasteiger partial charge in [-0.2, -0.15) is 13.2 Å². The Morgan fingerprint density at radius 1 is 0.892 bits per heavy atom. The molecular weight excluding hydrogens is 477 g/mol. The molecule has 0 saturated heterocycles. The van der Waals surface area contributed by atoms with E-state index in [0.29, 0.717) is 36.5 Å². The minimum absolute atomic E-state index is 0.0732. The molecule has 0 radical (unpaired) electrons. The lowest BCUT2D eigenvalue weighted by Crippen LogP contribution is -2.59. The van der Waals surface area contributed by atoms with Gasteiger partial charge in [0.05, 0.1) is 12.2 Å². The van der Waals surface area contributed by atoms with E-state index < -0.39 is 24.0 Å². The topological polar surface area (TPSA) is 60.7 Å². The van der Waals surface area contributed by atoms with Crippen LogP contribution in [0.1, 0.15) is 96.6 Å². The fourth-order valence-corrected chi connectivity index (χ4v) is 9.93. The number of aliphatic hydroxyl groups excluding tert-OH is 2. The zero-order valence-corrected chi connectivity index (χ0v) is 22.6. The van der Waals surface area contributed by atoms with Gasteiger partial charge in [-0.05, 0) is 110 Å². The third-order valence-electron chi connectivity index (χ3n) is 12.2. The summed E-state index contributed by atoms with van der Waals surface area (Å²) in [5.74, 6) is 1.85. The largest absolute Gasteiger partial charge is 0.417 e. The molecule has 4 fully saturated rings. The second-order valence-electron chi connectivity index (χ2n) is 13.7. The van der Waals surface area contributed by atoms with Gasteiger partial charge in [0.2, 0.25) is 0 Å². The first kappa shape index (κ1) is 27.5. The van der Waals surface area contributed by atoms with Crippen LogP contribution >= 0.6 is 0 Å². The third kappa shape index (κ3) is 4.47. The highest BCUT2D eigenvalue weighted by Crippen LogP contribution is 2.69. The van der Waals surface area contributed by atoms with Gasteiger partial charge in [-0.3, -0.25) is 0 Å². The number of aliphatic hydroxyl groups is 3. The van der Waals surface area contributed by atoms with E-state index in [9.17, 15) is 28.5 Å². The van der Waals surface area contributed by atoms with Crippen molar-refractivity contribution in [2.75, 3.05) is 0 Å². The van der Waals surface area contributed by atoms with Crippen molar-refractivity contribution in [2.24, 2.45) is 46.3 Å². The van der Waals surface area contributed by atoms with Crippen LogP contribution in [0.25, 0.3) is 0 Å². The molecule has 3 nitrogen and oxygen atoms in total. The summed E-state index contributed by atoms with van der Waals surface area (Å²) in [6.45, 7) is 6.76. The molecule has 4 aliphatic carbocycles. The SMILES string of the molecule is C[C@H](C(O)CC(O)c1ccccc1)[C@H]1CC[C@H]2[C@@H]3CC[C@H]4C[C@](O)(C(F)(F)F)CC[C@]4(C)[C@H]3CC[C@]12C. The van der Waals surface area contributed by atoms with Gasteiger partial charge in [-0.15, -0.1) is 0 Å². The summed E-state index contributed by atoms with van der Waals surface area (Å²) < 4.78 is 40.9. The number of alkyl halides is 3. The molecule has 5 rings (SSSR count). The molecule has 37 heavy (non-hydrogen) atoms. The van der Waals surface area contributed by atoms with Crippen LogP contribution in [0.4, 0.5) is 13.2 Å². The van der Waals surface area contributed by atoms with Gasteiger partial charge in [0.15, 0.2) is 5.60 Å². The van der Waals surface area contributed by atoms with E-state index in [1.165, 1.54) is 0 Å². The highest BCUT2D eigenvalue weighted by Gasteiger charge is 2.65. The average molecular weight is 523 g/mol. The van der Waals surface area contributed by atoms with Crippen molar-refractivity contribution in [2.45, 2.75) is 109 Å². The van der Waals surface area contributed by atoms with Crippen LogP contribution in [0, 0.1) is 46.3 Å². The highest BCUT2D eigenvalue weighted by atomic mass is 19.4. The molecule has 0 bridgehead atoms. The summed E-state index contributed by atoms with van der Waals surface area (Å²) in [4.78, 5) is 0. The van der Waals surface area contributed by atoms with Crippen molar-refractivity contribution in [3.63, 3.8) is 0 Å². The minimum atomic E-state index is -4.56. The predicted octanol–water partition coefficient (Wildman–Crippen LogP) is 7.06. The lowest BCUT2D eigenvalue weighted by molar-refractivity contribution is -0.290. The van der Waals surface area contributed by atoms with E-state index in [-0.39, 0.29) is 35.5 Å². The molecule has 3 N–H and O–H groups in total. The molecule has 0 spiro atoms. The molecule has 6 heteroatoms. The molecular formula is C31H45F3O3. The summed E-state index contributed by atoms with van der Waals surface area (Å²) in [5, 5.41) is 32.4. The van der Waals surface area contributed by atoms with E-state index in [1.807, 2.05) is 30.3 Å². The van der Waals surface area contributed by atoms with Gasteiger partial charge >= 0.3 is 6.18 Å². The minimum Gasteiger partial charge on any atom is -0.393 e. The Hall–Kier alpha value is -1.11. The molecule has 1 aromatic carbocycles. The van der Waals surface area contributed by atoms with Crippen molar-refractivity contribution in [1.82, 2.24) is 0 Å². The van der Waals surface area contributed by atoms with Crippen molar-refractivity contribution >= 4 is 0 Å². The Bertz CT molecular complexity index is 953. The maximum absolute atomic E-state index is 13.6. The summed E-state index contributed by atoms with van der Waals surface area (Å²) in [7, 11) is 0. The van der Waals surface area contributed by atoms with Crippen LogP contribution in [-0.2, 0) is 0 Å². The lowest BCUT2D eigenvalue weighted by Gasteiger charge is -2.62. The van der Waals surface area contributed by atoms with E-state index in [4.69, 9.17) is 0 Å². The summed E-state index contributed by atoms with van der Waals surface area (Å²) >= 11 is 0. The Morgan fingerprint density at radius 2 is 1.57 bits per heavy atom. The number of halogens is 3. The van der Waals surface area contributed by atoms with E-state index in [0.717, 1.165) is 44.1 Å². The summed E-state index contributed by atoms with van der Waals surface area (Å²) in [6.07, 6.45) is 0.629. The fourth-order valence-electron chi connectivity index (χ4n) is 9.93. The molecule has 0 aromatic heterocycles. The number of hydrogen-bond donors (Lipinski definition) is 3. The first-order chi connectivity index (χ1) is 17.3. The van der Waals surface area contributed by atoms with Gasteiger partial charge < -0.3 is 15.3 Å². The zero-order chi connectivity index (χ0) is 26.8. The molecule has 1 aromatic rings. The second-order valence-corrected chi connectivity index (χ2v) is 13.7. The van der Waals surface area contributed by atoms with Gasteiger partial charge in [0.1, 0.15) is 0 Å². The van der Waals surface area contributed by atoms with Gasteiger partial charge in [-0.1, -0.05) is 51.1 Å². The third-order valence-corrected chi connectivity index (χ3v) is 12.2. The molecule has 2 unspecified atom stereocenters. The van der Waals surface area contributed by atoms with Crippen molar-refractivity contribution in [3.05, 3.63) is 35.9 Å². The molecule has 208 valence electrons.